The molecule has 2 heterocycles. The molecule has 5 aromatic rings. The van der Waals surface area contributed by atoms with Crippen molar-refractivity contribution in [2.75, 3.05) is 0 Å². The molecule has 3 aromatic carbocycles. The number of nitriles is 2. The Balaban J connectivity index is 1.52. The summed E-state index contributed by atoms with van der Waals surface area (Å²) in [6.07, 6.45) is 3.93. The molecule has 0 spiro atoms. The molecule has 0 aliphatic heterocycles. The number of thioether (sulfide) groups is 1. The summed E-state index contributed by atoms with van der Waals surface area (Å²) >= 11 is 1.32. The number of benzene rings is 3. The van der Waals surface area contributed by atoms with Crippen LogP contribution in [-0.4, -0.2) is 14.5 Å². The number of rotatable bonds is 5. The van der Waals surface area contributed by atoms with Crippen molar-refractivity contribution in [2.24, 2.45) is 0 Å². The number of hydrogen-bond donors (Lipinski definition) is 1. The molecule has 1 N–H and O–H groups in total. The van der Waals surface area contributed by atoms with Crippen LogP contribution in [0.3, 0.4) is 0 Å². The van der Waals surface area contributed by atoms with Crippen LogP contribution in [0, 0.1) is 22.7 Å². The van der Waals surface area contributed by atoms with Gasteiger partial charge in [0.25, 0.3) is 0 Å². The highest BCUT2D eigenvalue weighted by Gasteiger charge is 2.12. The molecule has 2 aromatic heterocycles. The fourth-order valence-corrected chi connectivity index (χ4v) is 4.52. The Hall–Kier alpha value is -4.26. The monoisotopic (exact) mass is 431 g/mol. The average Bonchev–Trinajstić information content (AvgIpc) is 3.40. The Morgan fingerprint density at radius 1 is 1.00 bits per heavy atom. The lowest BCUT2D eigenvalue weighted by Gasteiger charge is -2.07. The predicted molar refractivity (Wildman–Crippen MR) is 128 cm³/mol. The maximum absolute atomic E-state index is 9.78. The molecule has 0 fully saturated rings. The van der Waals surface area contributed by atoms with Crippen molar-refractivity contribution in [3.63, 3.8) is 0 Å². The highest BCUT2D eigenvalue weighted by atomic mass is 32.2. The molecular formula is C26H17N5S. The summed E-state index contributed by atoms with van der Waals surface area (Å²) in [5.41, 5.74) is 5.46. The number of hydrogen-bond acceptors (Lipinski definition) is 4. The number of para-hydroxylation sites is 3. The van der Waals surface area contributed by atoms with Crippen LogP contribution in [0.2, 0.25) is 0 Å². The zero-order valence-electron chi connectivity index (χ0n) is 17.0. The van der Waals surface area contributed by atoms with Crippen LogP contribution in [0.25, 0.3) is 28.0 Å². The normalized spacial score (nSPS) is 11.5. The van der Waals surface area contributed by atoms with Crippen LogP contribution in [0.4, 0.5) is 0 Å². The van der Waals surface area contributed by atoms with Gasteiger partial charge in [-0.1, -0.05) is 48.5 Å². The molecule has 5 nitrogen and oxygen atoms in total. The molecule has 0 aliphatic rings. The molecule has 152 valence electrons. The number of nitrogens with one attached hydrogen (secondary N) is 1. The topological polar surface area (TPSA) is 81.2 Å². The van der Waals surface area contributed by atoms with E-state index in [1.807, 2.05) is 72.9 Å². The van der Waals surface area contributed by atoms with Gasteiger partial charge in [0.15, 0.2) is 5.16 Å². The van der Waals surface area contributed by atoms with Crippen LogP contribution < -0.4 is 0 Å². The molecule has 32 heavy (non-hydrogen) atoms. The lowest BCUT2D eigenvalue weighted by Crippen LogP contribution is -2.00. The van der Waals surface area contributed by atoms with Crippen molar-refractivity contribution >= 4 is 39.8 Å². The smallest absolute Gasteiger partial charge is 0.171 e. The lowest BCUT2D eigenvalue weighted by atomic mass is 10.1. The third kappa shape index (κ3) is 3.76. The van der Waals surface area contributed by atoms with Crippen molar-refractivity contribution in [1.29, 1.82) is 10.5 Å². The summed E-state index contributed by atoms with van der Waals surface area (Å²) < 4.78 is 2.12. The standard InChI is InChI=1S/C26H17N5S/c27-14-18-7-1-2-8-19(18)16-31-17-20(22-9-3-6-12-25(22)31)13-21(15-28)32-26-29-23-10-4-5-11-24(23)30-26/h1-13,17H,16H2,(H,29,30)/b21-13+. The van der Waals surface area contributed by atoms with E-state index in [1.54, 1.807) is 0 Å². The van der Waals surface area contributed by atoms with Gasteiger partial charge in [0, 0.05) is 29.2 Å². The summed E-state index contributed by atoms with van der Waals surface area (Å²) in [5.74, 6) is 0. The van der Waals surface area contributed by atoms with Gasteiger partial charge in [-0.15, -0.1) is 0 Å². The Bertz CT molecular complexity index is 1530. The van der Waals surface area contributed by atoms with Crippen molar-refractivity contribution in [2.45, 2.75) is 11.7 Å². The Morgan fingerprint density at radius 3 is 2.62 bits per heavy atom. The van der Waals surface area contributed by atoms with Crippen molar-refractivity contribution in [1.82, 2.24) is 14.5 Å². The fourth-order valence-electron chi connectivity index (χ4n) is 3.78. The molecule has 0 saturated carbocycles. The largest absolute Gasteiger partial charge is 0.342 e. The number of nitrogens with zero attached hydrogens (tertiary/aromatic N) is 4. The third-order valence-electron chi connectivity index (χ3n) is 5.27. The first kappa shape index (κ1) is 19.7. The van der Waals surface area contributed by atoms with Gasteiger partial charge in [-0.05, 0) is 47.7 Å². The summed E-state index contributed by atoms with van der Waals surface area (Å²) in [4.78, 5) is 8.37. The van der Waals surface area contributed by atoms with Crippen molar-refractivity contribution in [3.8, 4) is 12.1 Å². The quantitative estimate of drug-likeness (QED) is 0.269. The second-order valence-corrected chi connectivity index (χ2v) is 8.31. The minimum Gasteiger partial charge on any atom is -0.342 e. The van der Waals surface area contributed by atoms with Crippen LogP contribution in [0.5, 0.6) is 0 Å². The molecule has 6 heteroatoms. The molecule has 0 atom stereocenters. The van der Waals surface area contributed by atoms with Crippen molar-refractivity contribution < 1.29 is 0 Å². The van der Waals surface area contributed by atoms with E-state index < -0.39 is 0 Å². The average molecular weight is 432 g/mol. The van der Waals surface area contributed by atoms with Gasteiger partial charge < -0.3 is 9.55 Å². The molecule has 0 bridgehead atoms. The number of allylic oxidation sites excluding steroid dienone is 1. The zero-order chi connectivity index (χ0) is 21.9. The maximum Gasteiger partial charge on any atom is 0.171 e. The molecular weight excluding hydrogens is 414 g/mol. The first-order valence-corrected chi connectivity index (χ1v) is 10.9. The van der Waals surface area contributed by atoms with Gasteiger partial charge >= 0.3 is 0 Å². The van der Waals surface area contributed by atoms with Gasteiger partial charge in [0.05, 0.1) is 27.6 Å². The highest BCUT2D eigenvalue weighted by Crippen LogP contribution is 2.30. The zero-order valence-corrected chi connectivity index (χ0v) is 17.8. The first-order chi connectivity index (χ1) is 15.7. The van der Waals surface area contributed by atoms with Gasteiger partial charge in [0.1, 0.15) is 6.07 Å². The van der Waals surface area contributed by atoms with E-state index in [1.165, 1.54) is 11.8 Å². The van der Waals surface area contributed by atoms with Gasteiger partial charge in [-0.3, -0.25) is 0 Å². The van der Waals surface area contributed by atoms with Crippen LogP contribution in [0.15, 0.2) is 89.1 Å². The second-order valence-electron chi connectivity index (χ2n) is 7.28. The Labute approximate surface area is 189 Å². The highest BCUT2D eigenvalue weighted by molar-refractivity contribution is 8.03. The molecule has 0 aliphatic carbocycles. The number of aromatic nitrogens is 3. The van der Waals surface area contributed by atoms with Crippen LogP contribution >= 0.6 is 11.8 Å². The summed E-state index contributed by atoms with van der Waals surface area (Å²) in [6.45, 7) is 0.580. The van der Waals surface area contributed by atoms with E-state index in [0.29, 0.717) is 22.2 Å². The van der Waals surface area contributed by atoms with E-state index in [9.17, 15) is 10.5 Å². The third-order valence-corrected chi connectivity index (χ3v) is 6.08. The molecule has 0 saturated heterocycles. The van der Waals surface area contributed by atoms with Crippen LogP contribution in [0.1, 0.15) is 16.7 Å². The molecule has 0 unspecified atom stereocenters. The molecule has 0 amide bonds. The molecule has 5 rings (SSSR count). The SMILES string of the molecule is N#C/C(=C\c1cn(Cc2ccccc2C#N)c2ccccc12)Sc1nc2ccccc2[nH]1. The number of H-pyrrole nitrogens is 1. The Kier molecular flexibility index (Phi) is 5.21. The molecule has 0 radical (unpaired) electrons. The number of fused-ring (bicyclic) bond motifs is 2. The second kappa shape index (κ2) is 8.47. The number of aromatic amines is 1. The Morgan fingerprint density at radius 2 is 1.78 bits per heavy atom. The van der Waals surface area contributed by atoms with Crippen molar-refractivity contribution in [3.05, 3.63) is 101 Å². The first-order valence-electron chi connectivity index (χ1n) is 10.1. The van der Waals surface area contributed by atoms with Gasteiger partial charge in [0.2, 0.25) is 0 Å². The van der Waals surface area contributed by atoms with E-state index in [2.05, 4.69) is 38.8 Å². The summed E-state index contributed by atoms with van der Waals surface area (Å²) in [7, 11) is 0. The minimum absolute atomic E-state index is 0.546. The fraction of sp³-hybridized carbons (Fsp3) is 0.0385. The van der Waals surface area contributed by atoms with Gasteiger partial charge in [-0.25, -0.2) is 4.98 Å². The minimum atomic E-state index is 0.546. The summed E-state index contributed by atoms with van der Waals surface area (Å²) in [5, 5.41) is 21.0. The van der Waals surface area contributed by atoms with Gasteiger partial charge in [-0.2, -0.15) is 10.5 Å². The maximum atomic E-state index is 9.78. The van der Waals surface area contributed by atoms with E-state index in [4.69, 9.17) is 0 Å². The van der Waals surface area contributed by atoms with E-state index >= 15 is 0 Å². The lowest BCUT2D eigenvalue weighted by molar-refractivity contribution is 0.833. The van der Waals surface area contributed by atoms with E-state index in [0.717, 1.165) is 33.1 Å². The van der Waals surface area contributed by atoms with E-state index in [-0.39, 0.29) is 0 Å². The number of imidazole rings is 1. The predicted octanol–water partition coefficient (Wildman–Crippen LogP) is 6.09. The summed E-state index contributed by atoms with van der Waals surface area (Å²) in [6, 6.07) is 28.1. The van der Waals surface area contributed by atoms with Crippen LogP contribution in [-0.2, 0) is 6.54 Å².